The van der Waals surface area contributed by atoms with Gasteiger partial charge in [0.2, 0.25) is 5.91 Å². The Bertz CT molecular complexity index is 165. The molecule has 3 heteroatoms. The van der Waals surface area contributed by atoms with Crippen LogP contribution in [0, 0.1) is 0 Å². The summed E-state index contributed by atoms with van der Waals surface area (Å²) in [7, 11) is 0. The first-order valence-corrected chi connectivity index (χ1v) is 3.49. The Balaban J connectivity index is 2.46. The molecule has 0 aromatic rings. The van der Waals surface area contributed by atoms with Crippen LogP contribution in [-0.2, 0) is 4.79 Å². The highest BCUT2D eigenvalue weighted by Gasteiger charge is 2.20. The summed E-state index contributed by atoms with van der Waals surface area (Å²) >= 11 is 0. The van der Waals surface area contributed by atoms with Gasteiger partial charge in [0.1, 0.15) is 0 Å². The van der Waals surface area contributed by atoms with Crippen LogP contribution in [0.1, 0.15) is 19.8 Å². The van der Waals surface area contributed by atoms with E-state index in [0.29, 0.717) is 6.42 Å². The van der Waals surface area contributed by atoms with E-state index in [1.165, 1.54) is 0 Å². The van der Waals surface area contributed by atoms with Crippen LogP contribution in [0.15, 0.2) is 12.3 Å². The Morgan fingerprint density at radius 2 is 2.50 bits per heavy atom. The lowest BCUT2D eigenvalue weighted by molar-refractivity contribution is -0.129. The number of amides is 1. The molecule has 0 radical (unpaired) electrons. The fourth-order valence-electron chi connectivity index (χ4n) is 0.975. The Labute approximate surface area is 60.7 Å². The molecule has 1 aliphatic rings. The summed E-state index contributed by atoms with van der Waals surface area (Å²) in [5.41, 5.74) is 3.70. The average Bonchev–Trinajstić information content (AvgIpc) is 2.13. The molecule has 0 spiro atoms. The minimum Gasteiger partial charge on any atom is -0.300 e. The van der Waals surface area contributed by atoms with Gasteiger partial charge in [-0.15, -0.1) is 0 Å². The highest BCUT2D eigenvalue weighted by Crippen LogP contribution is 2.08. The molecule has 0 saturated carbocycles. The lowest BCUT2D eigenvalue weighted by atomic mass is 10.3. The van der Waals surface area contributed by atoms with Gasteiger partial charge in [0.25, 0.3) is 0 Å². The van der Waals surface area contributed by atoms with Crippen LogP contribution in [0.3, 0.4) is 0 Å². The minimum atomic E-state index is 0.131. The SMILES string of the molecule is C=C1CC(=O)N(CCC)N1. The fraction of sp³-hybridized carbons (Fsp3) is 0.571. The molecule has 56 valence electrons. The second-order valence-electron chi connectivity index (χ2n) is 2.44. The van der Waals surface area contributed by atoms with Crippen molar-refractivity contribution in [2.45, 2.75) is 19.8 Å². The number of nitrogens with one attached hydrogen (secondary N) is 1. The normalized spacial score (nSPS) is 17.9. The third-order valence-electron chi connectivity index (χ3n) is 1.41. The van der Waals surface area contributed by atoms with Crippen LogP contribution in [0.5, 0.6) is 0 Å². The van der Waals surface area contributed by atoms with Gasteiger partial charge >= 0.3 is 0 Å². The Kier molecular flexibility index (Phi) is 1.94. The van der Waals surface area contributed by atoms with E-state index in [2.05, 4.69) is 12.0 Å². The molecule has 0 atom stereocenters. The maximum atomic E-state index is 11.0. The van der Waals surface area contributed by atoms with E-state index in [9.17, 15) is 4.79 Å². The number of nitrogens with zero attached hydrogens (tertiary/aromatic N) is 1. The summed E-state index contributed by atoms with van der Waals surface area (Å²) in [6.07, 6.45) is 1.44. The van der Waals surface area contributed by atoms with Gasteiger partial charge in [-0.1, -0.05) is 13.5 Å². The molecule has 0 aromatic heterocycles. The molecule has 0 unspecified atom stereocenters. The van der Waals surface area contributed by atoms with Crippen LogP contribution in [0.2, 0.25) is 0 Å². The van der Waals surface area contributed by atoms with Crippen molar-refractivity contribution in [2.24, 2.45) is 0 Å². The molecule has 1 fully saturated rings. The molecule has 1 aliphatic heterocycles. The van der Waals surface area contributed by atoms with Gasteiger partial charge in [0.05, 0.1) is 6.42 Å². The van der Waals surface area contributed by atoms with Crippen molar-refractivity contribution in [3.8, 4) is 0 Å². The van der Waals surface area contributed by atoms with Crippen LogP contribution in [0.4, 0.5) is 0 Å². The van der Waals surface area contributed by atoms with Gasteiger partial charge in [-0.3, -0.25) is 9.80 Å². The van der Waals surface area contributed by atoms with E-state index in [1.54, 1.807) is 5.01 Å². The number of rotatable bonds is 2. The van der Waals surface area contributed by atoms with Crippen molar-refractivity contribution < 1.29 is 4.79 Å². The molecular weight excluding hydrogens is 128 g/mol. The van der Waals surface area contributed by atoms with E-state index in [0.717, 1.165) is 18.7 Å². The van der Waals surface area contributed by atoms with Crippen molar-refractivity contribution in [3.63, 3.8) is 0 Å². The van der Waals surface area contributed by atoms with Crippen molar-refractivity contribution in [3.05, 3.63) is 12.3 Å². The number of hydrogen-bond donors (Lipinski definition) is 1. The monoisotopic (exact) mass is 140 g/mol. The van der Waals surface area contributed by atoms with E-state index in [4.69, 9.17) is 0 Å². The zero-order chi connectivity index (χ0) is 7.56. The van der Waals surface area contributed by atoms with E-state index in [-0.39, 0.29) is 5.91 Å². The minimum absolute atomic E-state index is 0.131. The standard InChI is InChI=1S/C7H12N2O/c1-3-4-9-7(10)5-6(2)8-9/h8H,2-5H2,1H3. The quantitative estimate of drug-likeness (QED) is 0.610. The molecule has 1 saturated heterocycles. The predicted octanol–water partition coefficient (Wildman–Crippen LogP) is 0.647. The summed E-state index contributed by atoms with van der Waals surface area (Å²) in [6.45, 7) is 6.48. The molecule has 1 N–H and O–H groups in total. The summed E-state index contributed by atoms with van der Waals surface area (Å²) in [4.78, 5) is 11.0. The Morgan fingerprint density at radius 1 is 1.80 bits per heavy atom. The summed E-state index contributed by atoms with van der Waals surface area (Å²) in [5, 5.41) is 1.61. The van der Waals surface area contributed by atoms with Gasteiger partial charge in [0, 0.05) is 12.2 Å². The van der Waals surface area contributed by atoms with Crippen LogP contribution in [0.25, 0.3) is 0 Å². The molecule has 1 heterocycles. The average molecular weight is 140 g/mol. The van der Waals surface area contributed by atoms with Gasteiger partial charge in [0.15, 0.2) is 0 Å². The molecule has 0 aromatic carbocycles. The lowest BCUT2D eigenvalue weighted by Gasteiger charge is -2.14. The van der Waals surface area contributed by atoms with Crippen molar-refractivity contribution in [1.29, 1.82) is 0 Å². The second kappa shape index (κ2) is 2.73. The number of carbonyl (C=O) groups is 1. The van der Waals surface area contributed by atoms with E-state index < -0.39 is 0 Å². The highest BCUT2D eigenvalue weighted by molar-refractivity contribution is 5.80. The molecule has 1 amide bonds. The highest BCUT2D eigenvalue weighted by atomic mass is 16.2. The summed E-state index contributed by atoms with van der Waals surface area (Å²) in [5.74, 6) is 0.131. The molecule has 10 heavy (non-hydrogen) atoms. The molecule has 3 nitrogen and oxygen atoms in total. The zero-order valence-corrected chi connectivity index (χ0v) is 6.18. The first-order chi connectivity index (χ1) is 4.74. The van der Waals surface area contributed by atoms with E-state index in [1.807, 2.05) is 6.92 Å². The molecular formula is C7H12N2O. The van der Waals surface area contributed by atoms with Gasteiger partial charge in [-0.2, -0.15) is 0 Å². The molecule has 0 bridgehead atoms. The van der Waals surface area contributed by atoms with Crippen molar-refractivity contribution >= 4 is 5.91 Å². The topological polar surface area (TPSA) is 32.3 Å². The third-order valence-corrected chi connectivity index (χ3v) is 1.41. The Hall–Kier alpha value is -0.990. The second-order valence-corrected chi connectivity index (χ2v) is 2.44. The maximum absolute atomic E-state index is 11.0. The van der Waals surface area contributed by atoms with Gasteiger partial charge < -0.3 is 5.43 Å². The summed E-state index contributed by atoms with van der Waals surface area (Å²) < 4.78 is 0. The summed E-state index contributed by atoms with van der Waals surface area (Å²) in [6, 6.07) is 0. The smallest absolute Gasteiger partial charge is 0.246 e. The number of hydrogen-bond acceptors (Lipinski definition) is 2. The Morgan fingerprint density at radius 3 is 2.90 bits per heavy atom. The van der Waals surface area contributed by atoms with Crippen LogP contribution >= 0.6 is 0 Å². The predicted molar refractivity (Wildman–Crippen MR) is 38.9 cm³/mol. The van der Waals surface area contributed by atoms with Crippen LogP contribution in [-0.4, -0.2) is 17.5 Å². The molecule has 0 aliphatic carbocycles. The fourth-order valence-corrected chi connectivity index (χ4v) is 0.975. The van der Waals surface area contributed by atoms with Gasteiger partial charge in [-0.25, -0.2) is 0 Å². The van der Waals surface area contributed by atoms with Gasteiger partial charge in [-0.05, 0) is 6.42 Å². The molecule has 1 rings (SSSR count). The first kappa shape index (κ1) is 7.12. The first-order valence-electron chi connectivity index (χ1n) is 3.49. The number of hydrazine groups is 1. The number of carbonyl (C=O) groups excluding carboxylic acids is 1. The zero-order valence-electron chi connectivity index (χ0n) is 6.18. The maximum Gasteiger partial charge on any atom is 0.246 e. The van der Waals surface area contributed by atoms with E-state index >= 15 is 0 Å². The van der Waals surface area contributed by atoms with Crippen molar-refractivity contribution in [2.75, 3.05) is 6.54 Å². The lowest BCUT2D eigenvalue weighted by Crippen LogP contribution is -2.33. The van der Waals surface area contributed by atoms with Crippen molar-refractivity contribution in [1.82, 2.24) is 10.4 Å². The largest absolute Gasteiger partial charge is 0.300 e. The van der Waals surface area contributed by atoms with Crippen LogP contribution < -0.4 is 5.43 Å². The third kappa shape index (κ3) is 1.29.